The van der Waals surface area contributed by atoms with E-state index in [0.717, 1.165) is 29.1 Å². The molecule has 214 valence electrons. The Morgan fingerprint density at radius 1 is 1.02 bits per heavy atom. The number of hydrogen-bond donors (Lipinski definition) is 2. The van der Waals surface area contributed by atoms with Crippen LogP contribution in [0.2, 0.25) is 0 Å². The number of anilines is 2. The Kier molecular flexibility index (Phi) is 8.39. The maximum absolute atomic E-state index is 13.2. The Morgan fingerprint density at radius 2 is 1.76 bits per heavy atom. The van der Waals surface area contributed by atoms with Gasteiger partial charge in [0.25, 0.3) is 5.91 Å². The number of rotatable bonds is 9. The zero-order chi connectivity index (χ0) is 28.9. The van der Waals surface area contributed by atoms with Gasteiger partial charge in [-0.15, -0.1) is 0 Å². The molecule has 2 aromatic carbocycles. The Morgan fingerprint density at radius 3 is 2.44 bits per heavy atom. The third-order valence-corrected chi connectivity index (χ3v) is 6.97. The largest absolute Gasteiger partial charge is 0.435 e. The molecule has 1 aliphatic heterocycles. The van der Waals surface area contributed by atoms with Gasteiger partial charge < -0.3 is 25.2 Å². The van der Waals surface area contributed by atoms with E-state index in [1.165, 1.54) is 12.1 Å². The van der Waals surface area contributed by atoms with Crippen LogP contribution in [0.15, 0.2) is 61.1 Å². The second-order valence-corrected chi connectivity index (χ2v) is 9.62. The zero-order valence-electron chi connectivity index (χ0n) is 22.8. The van der Waals surface area contributed by atoms with Crippen molar-refractivity contribution in [2.45, 2.75) is 20.5 Å². The van der Waals surface area contributed by atoms with Crippen molar-refractivity contribution in [1.82, 2.24) is 29.5 Å². The van der Waals surface area contributed by atoms with Crippen molar-refractivity contribution in [2.75, 3.05) is 44.6 Å². The van der Waals surface area contributed by atoms with Gasteiger partial charge in [-0.1, -0.05) is 6.92 Å². The number of aryl methyl sites for hydroxylation is 1. The monoisotopic (exact) mass is 563 g/mol. The summed E-state index contributed by atoms with van der Waals surface area (Å²) >= 11 is 0. The van der Waals surface area contributed by atoms with Gasteiger partial charge in [-0.3, -0.25) is 14.0 Å². The number of benzene rings is 2. The summed E-state index contributed by atoms with van der Waals surface area (Å²) in [6.07, 6.45) is 5.10. The highest BCUT2D eigenvalue weighted by Gasteiger charge is 2.25. The van der Waals surface area contributed by atoms with Gasteiger partial charge in [0.1, 0.15) is 5.75 Å². The Bertz CT molecular complexity index is 1530. The molecule has 0 saturated carbocycles. The molecule has 0 spiro atoms. The predicted molar refractivity (Wildman–Crippen MR) is 151 cm³/mol. The maximum Gasteiger partial charge on any atom is 0.387 e. The number of carbonyl (C=O) groups excluding carboxylic acids is 2. The van der Waals surface area contributed by atoms with Crippen molar-refractivity contribution >= 4 is 29.0 Å². The molecule has 10 nitrogen and oxygen atoms in total. The maximum atomic E-state index is 13.2. The highest BCUT2D eigenvalue weighted by atomic mass is 19.3. The van der Waals surface area contributed by atoms with Crippen LogP contribution < -0.4 is 15.4 Å². The van der Waals surface area contributed by atoms with E-state index in [1.54, 1.807) is 46.6 Å². The highest BCUT2D eigenvalue weighted by molar-refractivity contribution is 5.96. The minimum atomic E-state index is -2.88. The van der Waals surface area contributed by atoms with E-state index in [0.29, 0.717) is 49.8 Å². The lowest BCUT2D eigenvalue weighted by atomic mass is 10.1. The molecule has 4 aromatic rings. The van der Waals surface area contributed by atoms with Gasteiger partial charge in [0.15, 0.2) is 11.5 Å². The van der Waals surface area contributed by atoms with E-state index in [1.807, 2.05) is 30.4 Å². The van der Waals surface area contributed by atoms with Gasteiger partial charge >= 0.3 is 6.61 Å². The Hall–Kier alpha value is -4.58. The number of halogens is 2. The molecule has 2 aromatic heterocycles. The number of imidazole rings is 1. The fraction of sp³-hybridized carbons (Fsp3) is 0.310. The molecule has 0 aliphatic carbocycles. The molecule has 0 atom stereocenters. The van der Waals surface area contributed by atoms with E-state index in [4.69, 9.17) is 0 Å². The van der Waals surface area contributed by atoms with Crippen LogP contribution >= 0.6 is 0 Å². The lowest BCUT2D eigenvalue weighted by Crippen LogP contribution is -2.52. The van der Waals surface area contributed by atoms with E-state index in [9.17, 15) is 18.4 Å². The van der Waals surface area contributed by atoms with Crippen LogP contribution in [0.3, 0.4) is 0 Å². The van der Waals surface area contributed by atoms with Gasteiger partial charge in [-0.25, -0.2) is 9.97 Å². The first kappa shape index (κ1) is 28.0. The van der Waals surface area contributed by atoms with Crippen molar-refractivity contribution < 1.29 is 23.1 Å². The van der Waals surface area contributed by atoms with Crippen LogP contribution in [0, 0.1) is 6.92 Å². The first-order chi connectivity index (χ1) is 19.8. The number of fused-ring (bicyclic) bond motifs is 1. The van der Waals surface area contributed by atoms with Gasteiger partial charge in [0.2, 0.25) is 5.91 Å². The molecule has 5 rings (SSSR count). The van der Waals surface area contributed by atoms with Gasteiger partial charge in [0.05, 0.1) is 18.4 Å². The summed E-state index contributed by atoms with van der Waals surface area (Å²) < 4.78 is 31.3. The number of piperazine rings is 1. The molecule has 3 heterocycles. The number of alkyl halides is 2. The van der Waals surface area contributed by atoms with Crippen LogP contribution in [0.25, 0.3) is 16.9 Å². The van der Waals surface area contributed by atoms with Crippen LogP contribution in [-0.4, -0.2) is 81.9 Å². The predicted octanol–water partition coefficient (Wildman–Crippen LogP) is 3.94. The van der Waals surface area contributed by atoms with Gasteiger partial charge in [0, 0.05) is 55.4 Å². The molecule has 1 saturated heterocycles. The minimum absolute atomic E-state index is 0.0520. The van der Waals surface area contributed by atoms with E-state index in [2.05, 4.69) is 25.3 Å². The lowest BCUT2D eigenvalue weighted by Gasteiger charge is -2.35. The van der Waals surface area contributed by atoms with Crippen LogP contribution in [0.1, 0.15) is 22.8 Å². The molecule has 1 fully saturated rings. The van der Waals surface area contributed by atoms with Crippen molar-refractivity contribution in [1.29, 1.82) is 0 Å². The fourth-order valence-corrected chi connectivity index (χ4v) is 4.82. The topological polar surface area (TPSA) is 104 Å². The summed E-state index contributed by atoms with van der Waals surface area (Å²) in [7, 11) is 0. The molecule has 0 radical (unpaired) electrons. The SMILES string of the molecule is CCNCC(=O)N1CCN(C(=O)c2ccc(Nc3nccn4c(-c5ccc(OC(F)F)cc5)cnc34)cc2C)CC1. The normalized spacial score (nSPS) is 13.6. The molecule has 12 heteroatoms. The third kappa shape index (κ3) is 6.27. The second kappa shape index (κ2) is 12.3. The number of amides is 2. The number of nitrogens with one attached hydrogen (secondary N) is 2. The average molecular weight is 564 g/mol. The standard InChI is InChI=1S/C29H31F2N7O3/c1-3-32-18-25(39)36-12-14-37(15-13-36)28(40)23-9-6-21(16-19(23)2)35-26-27-34-17-24(38(27)11-10-33-26)20-4-7-22(8-5-20)41-29(30)31/h4-11,16-17,29,32H,3,12-15,18H2,1-2H3,(H,33,35). The highest BCUT2D eigenvalue weighted by Crippen LogP contribution is 2.28. The number of ether oxygens (including phenoxy) is 1. The smallest absolute Gasteiger partial charge is 0.387 e. The zero-order valence-corrected chi connectivity index (χ0v) is 22.8. The van der Waals surface area contributed by atoms with Crippen LogP contribution in [0.5, 0.6) is 5.75 Å². The number of hydrogen-bond acceptors (Lipinski definition) is 7. The van der Waals surface area contributed by atoms with Crippen molar-refractivity contribution in [2.24, 2.45) is 0 Å². The summed E-state index contributed by atoms with van der Waals surface area (Å²) in [4.78, 5) is 38.0. The van der Waals surface area contributed by atoms with E-state index >= 15 is 0 Å². The number of likely N-dealkylation sites (N-methyl/N-ethyl adjacent to an activating group) is 1. The molecule has 1 aliphatic rings. The first-order valence-corrected chi connectivity index (χ1v) is 13.4. The van der Waals surface area contributed by atoms with E-state index < -0.39 is 6.61 Å². The first-order valence-electron chi connectivity index (χ1n) is 13.4. The Balaban J connectivity index is 1.27. The summed E-state index contributed by atoms with van der Waals surface area (Å²) in [6, 6.07) is 11.9. The van der Waals surface area contributed by atoms with Crippen molar-refractivity contribution in [3.05, 3.63) is 72.2 Å². The van der Waals surface area contributed by atoms with Crippen molar-refractivity contribution in [3.8, 4) is 17.0 Å². The van der Waals surface area contributed by atoms with Gasteiger partial charge in [-0.05, 0) is 61.5 Å². The quantitative estimate of drug-likeness (QED) is 0.318. The summed E-state index contributed by atoms with van der Waals surface area (Å²) in [5.41, 5.74) is 4.28. The lowest BCUT2D eigenvalue weighted by molar-refractivity contribution is -0.131. The van der Waals surface area contributed by atoms with Crippen LogP contribution in [-0.2, 0) is 4.79 Å². The van der Waals surface area contributed by atoms with E-state index in [-0.39, 0.29) is 17.6 Å². The molecular weight excluding hydrogens is 532 g/mol. The molecule has 0 bridgehead atoms. The summed E-state index contributed by atoms with van der Waals surface area (Å²) in [5.74, 6) is 0.594. The minimum Gasteiger partial charge on any atom is -0.435 e. The third-order valence-electron chi connectivity index (χ3n) is 6.97. The molecule has 2 amide bonds. The molecule has 0 unspecified atom stereocenters. The number of aromatic nitrogens is 3. The fourth-order valence-electron chi connectivity index (χ4n) is 4.82. The number of nitrogens with zero attached hydrogens (tertiary/aromatic N) is 5. The second-order valence-electron chi connectivity index (χ2n) is 9.62. The molecular formula is C29H31F2N7O3. The average Bonchev–Trinajstić information content (AvgIpc) is 3.41. The molecule has 41 heavy (non-hydrogen) atoms. The van der Waals surface area contributed by atoms with Gasteiger partial charge in [-0.2, -0.15) is 8.78 Å². The van der Waals surface area contributed by atoms with Crippen molar-refractivity contribution in [3.63, 3.8) is 0 Å². The summed E-state index contributed by atoms with van der Waals surface area (Å²) in [6.45, 7) is 4.03. The molecule has 2 N–H and O–H groups in total. The Labute approximate surface area is 235 Å². The number of carbonyl (C=O) groups is 2. The summed E-state index contributed by atoms with van der Waals surface area (Å²) in [5, 5.41) is 6.34. The van der Waals surface area contributed by atoms with Crippen LogP contribution in [0.4, 0.5) is 20.3 Å².